The molecule has 0 aromatic heterocycles. The number of aldehydes is 1. The molecule has 0 heterocycles. The molecule has 3 heteroatoms. The summed E-state index contributed by atoms with van der Waals surface area (Å²) in [4.78, 5) is 8.81. The third kappa shape index (κ3) is 5.21. The molecule has 1 rings (SSSR count). The second-order valence-corrected chi connectivity index (χ2v) is 1.68. The van der Waals surface area contributed by atoms with Crippen LogP contribution in [0.25, 0.3) is 0 Å². The van der Waals surface area contributed by atoms with Gasteiger partial charge in [0, 0.05) is 6.07 Å². The van der Waals surface area contributed by atoms with E-state index < -0.39 is 11.6 Å². The van der Waals surface area contributed by atoms with Crippen molar-refractivity contribution in [3.05, 3.63) is 35.9 Å². The van der Waals surface area contributed by atoms with E-state index >= 15 is 0 Å². The van der Waals surface area contributed by atoms with Gasteiger partial charge < -0.3 is 4.79 Å². The average Bonchev–Trinajstić information content (AvgIpc) is 1.88. The van der Waals surface area contributed by atoms with Gasteiger partial charge in [-0.1, -0.05) is 6.07 Å². The number of halogens is 2. The van der Waals surface area contributed by atoms with Crippen molar-refractivity contribution >= 4 is 6.29 Å². The molecule has 0 N–H and O–H groups in total. The fraction of sp³-hybridized carbons (Fsp3) is 0.125. The highest BCUT2D eigenvalue weighted by atomic mass is 19.1. The lowest BCUT2D eigenvalue weighted by molar-refractivity contribution is -0.106. The van der Waals surface area contributed by atoms with Crippen LogP contribution in [0.2, 0.25) is 0 Å². The van der Waals surface area contributed by atoms with E-state index in [-0.39, 0.29) is 0 Å². The Morgan fingerprint density at radius 1 is 1.27 bits per heavy atom. The van der Waals surface area contributed by atoms with Gasteiger partial charge in [-0.05, 0) is 19.1 Å². The van der Waals surface area contributed by atoms with E-state index in [1.807, 2.05) is 0 Å². The van der Waals surface area contributed by atoms with Crippen LogP contribution in [0.1, 0.15) is 6.92 Å². The Balaban J connectivity index is 0.000000292. The van der Waals surface area contributed by atoms with Gasteiger partial charge >= 0.3 is 0 Å². The monoisotopic (exact) mass is 158 g/mol. The molecule has 0 aliphatic carbocycles. The Morgan fingerprint density at radius 2 is 1.64 bits per heavy atom. The predicted octanol–water partition coefficient (Wildman–Crippen LogP) is 2.17. The number of hydrogen-bond donors (Lipinski definition) is 0. The Kier molecular flexibility index (Phi) is 4.90. The van der Waals surface area contributed by atoms with Crippen molar-refractivity contribution in [1.82, 2.24) is 0 Å². The van der Waals surface area contributed by atoms with E-state index in [4.69, 9.17) is 4.79 Å². The average molecular weight is 158 g/mol. The van der Waals surface area contributed by atoms with E-state index in [0.29, 0.717) is 0 Å². The summed E-state index contributed by atoms with van der Waals surface area (Å²) < 4.78 is 23.9. The summed E-state index contributed by atoms with van der Waals surface area (Å²) in [6.45, 7) is 1.44. The summed E-state index contributed by atoms with van der Waals surface area (Å²) in [7, 11) is 0. The van der Waals surface area contributed by atoms with Gasteiger partial charge in [-0.2, -0.15) is 0 Å². The molecule has 11 heavy (non-hydrogen) atoms. The lowest BCUT2D eigenvalue weighted by Crippen LogP contribution is -1.73. The first kappa shape index (κ1) is 9.75. The highest BCUT2D eigenvalue weighted by Gasteiger charge is 1.88. The molecular weight excluding hydrogens is 150 g/mol. The molecule has 0 radical (unpaired) electrons. The van der Waals surface area contributed by atoms with Gasteiger partial charge in [-0.3, -0.25) is 0 Å². The Bertz CT molecular complexity index is 206. The third-order valence-electron chi connectivity index (χ3n) is 0.787. The molecule has 0 amide bonds. The first-order valence-corrected chi connectivity index (χ1v) is 3.01. The quantitative estimate of drug-likeness (QED) is 0.529. The number of hydrogen-bond acceptors (Lipinski definition) is 1. The normalized spacial score (nSPS) is 7.91. The van der Waals surface area contributed by atoms with E-state index in [0.717, 1.165) is 12.4 Å². The molecule has 0 bridgehead atoms. The standard InChI is InChI=1S/C6H4F2.C2H4O/c7-5-2-1-3-6(8)4-5;1-2-3/h1-4H;2H,1H3. The highest BCUT2D eigenvalue weighted by molar-refractivity contribution is 5.44. The van der Waals surface area contributed by atoms with Crippen LogP contribution in [0.15, 0.2) is 24.3 Å². The van der Waals surface area contributed by atoms with Crippen molar-refractivity contribution in [3.63, 3.8) is 0 Å². The topological polar surface area (TPSA) is 17.1 Å². The minimum absolute atomic E-state index is 0.537. The van der Waals surface area contributed by atoms with Crippen LogP contribution < -0.4 is 0 Å². The number of benzene rings is 1. The molecule has 1 aromatic carbocycles. The molecule has 0 saturated carbocycles. The first-order valence-electron chi connectivity index (χ1n) is 3.01. The van der Waals surface area contributed by atoms with Gasteiger partial charge in [-0.25, -0.2) is 8.78 Å². The molecule has 0 saturated heterocycles. The van der Waals surface area contributed by atoms with Crippen LogP contribution in [0.3, 0.4) is 0 Å². The lowest BCUT2D eigenvalue weighted by Gasteiger charge is -1.84. The SMILES string of the molecule is CC=O.Fc1cccc(F)c1. The lowest BCUT2D eigenvalue weighted by atomic mass is 10.3. The van der Waals surface area contributed by atoms with Gasteiger partial charge in [0.15, 0.2) is 0 Å². The second-order valence-electron chi connectivity index (χ2n) is 1.68. The molecule has 0 spiro atoms. The highest BCUT2D eigenvalue weighted by Crippen LogP contribution is 1.99. The minimum Gasteiger partial charge on any atom is -0.304 e. The molecule has 60 valence electrons. The van der Waals surface area contributed by atoms with Gasteiger partial charge in [-0.15, -0.1) is 0 Å². The third-order valence-corrected chi connectivity index (χ3v) is 0.787. The summed E-state index contributed by atoms with van der Waals surface area (Å²) in [5.41, 5.74) is 0. The summed E-state index contributed by atoms with van der Waals surface area (Å²) in [6.07, 6.45) is 0.750. The largest absolute Gasteiger partial charge is 0.304 e. The van der Waals surface area contributed by atoms with E-state index in [1.165, 1.54) is 25.1 Å². The van der Waals surface area contributed by atoms with E-state index in [2.05, 4.69) is 0 Å². The van der Waals surface area contributed by atoms with Gasteiger partial charge in [0.1, 0.15) is 17.9 Å². The van der Waals surface area contributed by atoms with Crippen molar-refractivity contribution in [3.8, 4) is 0 Å². The van der Waals surface area contributed by atoms with Gasteiger partial charge in [0.05, 0.1) is 0 Å². The molecule has 0 aliphatic heterocycles. The zero-order valence-electron chi connectivity index (χ0n) is 6.05. The number of carbonyl (C=O) groups is 1. The second kappa shape index (κ2) is 5.53. The Hall–Kier alpha value is -1.25. The minimum atomic E-state index is -0.537. The van der Waals surface area contributed by atoms with Crippen molar-refractivity contribution < 1.29 is 13.6 Å². The number of rotatable bonds is 0. The van der Waals surface area contributed by atoms with Crippen LogP contribution >= 0.6 is 0 Å². The first-order chi connectivity index (χ1) is 5.20. The van der Waals surface area contributed by atoms with E-state index in [9.17, 15) is 8.78 Å². The maximum Gasteiger partial charge on any atom is 0.126 e. The van der Waals surface area contributed by atoms with Crippen LogP contribution in [0.4, 0.5) is 8.78 Å². The summed E-state index contributed by atoms with van der Waals surface area (Å²) in [5.74, 6) is -1.07. The van der Waals surface area contributed by atoms with Crippen molar-refractivity contribution in [2.24, 2.45) is 0 Å². The zero-order valence-corrected chi connectivity index (χ0v) is 6.05. The Labute approximate surface area is 63.7 Å². The molecule has 0 aliphatic rings. The maximum atomic E-state index is 11.9. The summed E-state index contributed by atoms with van der Waals surface area (Å²) >= 11 is 0. The number of carbonyl (C=O) groups excluding carboxylic acids is 1. The molecule has 0 unspecified atom stereocenters. The van der Waals surface area contributed by atoms with Crippen LogP contribution in [0, 0.1) is 11.6 Å². The van der Waals surface area contributed by atoms with Crippen molar-refractivity contribution in [2.75, 3.05) is 0 Å². The zero-order chi connectivity index (χ0) is 8.69. The Morgan fingerprint density at radius 3 is 1.82 bits per heavy atom. The van der Waals surface area contributed by atoms with Gasteiger partial charge in [0.2, 0.25) is 0 Å². The van der Waals surface area contributed by atoms with Crippen LogP contribution in [0.5, 0.6) is 0 Å². The molecule has 1 aromatic rings. The molecular formula is C8H8F2O. The molecule has 1 nitrogen and oxygen atoms in total. The van der Waals surface area contributed by atoms with Crippen LogP contribution in [-0.2, 0) is 4.79 Å². The van der Waals surface area contributed by atoms with Gasteiger partial charge in [0.25, 0.3) is 0 Å². The van der Waals surface area contributed by atoms with Crippen LogP contribution in [-0.4, -0.2) is 6.29 Å². The summed E-state index contributed by atoms with van der Waals surface area (Å²) in [5, 5.41) is 0. The van der Waals surface area contributed by atoms with Crippen molar-refractivity contribution in [2.45, 2.75) is 6.92 Å². The summed E-state index contributed by atoms with van der Waals surface area (Å²) in [6, 6.07) is 4.55. The fourth-order valence-electron chi connectivity index (χ4n) is 0.460. The molecule has 0 atom stereocenters. The maximum absolute atomic E-state index is 11.9. The predicted molar refractivity (Wildman–Crippen MR) is 38.1 cm³/mol. The fourth-order valence-corrected chi connectivity index (χ4v) is 0.460. The molecule has 0 fully saturated rings. The smallest absolute Gasteiger partial charge is 0.126 e. The van der Waals surface area contributed by atoms with E-state index in [1.54, 1.807) is 0 Å². The van der Waals surface area contributed by atoms with Crippen molar-refractivity contribution in [1.29, 1.82) is 0 Å².